The lowest BCUT2D eigenvalue weighted by molar-refractivity contribution is 0.0945. The number of thiazole rings is 1. The van der Waals surface area contributed by atoms with Gasteiger partial charge in [0.25, 0.3) is 5.91 Å². The number of hydrogen-bond acceptors (Lipinski definition) is 5. The van der Waals surface area contributed by atoms with Crippen molar-refractivity contribution in [2.45, 2.75) is 19.4 Å². The van der Waals surface area contributed by atoms with Gasteiger partial charge in [-0.15, -0.1) is 0 Å². The molecular weight excluding hydrogens is 284 g/mol. The summed E-state index contributed by atoms with van der Waals surface area (Å²) in [6, 6.07) is 10.1. The number of rotatable bonds is 5. The molecule has 1 heterocycles. The second-order valence-electron chi connectivity index (χ2n) is 5.17. The summed E-state index contributed by atoms with van der Waals surface area (Å²) in [5.74, 6) is 0.120. The van der Waals surface area contributed by atoms with Crippen LogP contribution in [0.25, 0.3) is 0 Å². The summed E-state index contributed by atoms with van der Waals surface area (Å²) in [6.45, 7) is 1.98. The van der Waals surface area contributed by atoms with E-state index in [0.717, 1.165) is 11.6 Å². The van der Waals surface area contributed by atoms with Crippen LogP contribution in [0.15, 0.2) is 30.3 Å². The Bertz CT molecular complexity index is 609. The molecule has 112 valence electrons. The Labute approximate surface area is 128 Å². The summed E-state index contributed by atoms with van der Waals surface area (Å²) in [7, 11) is 3.75. The molecule has 0 saturated heterocycles. The number of amides is 1. The van der Waals surface area contributed by atoms with Gasteiger partial charge < -0.3 is 16.0 Å². The molecule has 5 nitrogen and oxygen atoms in total. The highest BCUT2D eigenvalue weighted by Gasteiger charge is 2.18. The molecule has 0 saturated carbocycles. The molecule has 1 atom stereocenters. The standard InChI is InChI=1S/C15H20N4OS/c1-10(9-11-7-5-4-6-8-11)17-14(20)12-13(16)18-15(21-12)19(2)3/h4-8,10H,9,16H2,1-3H3,(H,17,20). The van der Waals surface area contributed by atoms with E-state index in [0.29, 0.717) is 4.88 Å². The molecule has 1 amide bonds. The summed E-state index contributed by atoms with van der Waals surface area (Å²) >= 11 is 1.30. The van der Waals surface area contributed by atoms with Gasteiger partial charge in [-0.1, -0.05) is 41.7 Å². The van der Waals surface area contributed by atoms with E-state index in [1.54, 1.807) is 0 Å². The second kappa shape index (κ2) is 6.58. The van der Waals surface area contributed by atoms with Crippen LogP contribution in [0, 0.1) is 0 Å². The quantitative estimate of drug-likeness (QED) is 0.888. The molecule has 21 heavy (non-hydrogen) atoms. The minimum atomic E-state index is -0.165. The van der Waals surface area contributed by atoms with E-state index in [9.17, 15) is 4.79 Å². The highest BCUT2D eigenvalue weighted by Crippen LogP contribution is 2.26. The average Bonchev–Trinajstić information content (AvgIpc) is 2.82. The molecule has 1 aromatic carbocycles. The Morgan fingerprint density at radius 2 is 2.05 bits per heavy atom. The van der Waals surface area contributed by atoms with Gasteiger partial charge in [-0.05, 0) is 18.9 Å². The van der Waals surface area contributed by atoms with Gasteiger partial charge in [0, 0.05) is 20.1 Å². The maximum atomic E-state index is 12.3. The van der Waals surface area contributed by atoms with Gasteiger partial charge in [-0.25, -0.2) is 4.98 Å². The first-order valence-electron chi connectivity index (χ1n) is 6.75. The largest absolute Gasteiger partial charge is 0.382 e. The first-order valence-corrected chi connectivity index (χ1v) is 7.57. The third-order valence-electron chi connectivity index (χ3n) is 2.99. The molecular formula is C15H20N4OS. The lowest BCUT2D eigenvalue weighted by Gasteiger charge is -2.13. The van der Waals surface area contributed by atoms with Gasteiger partial charge in [-0.3, -0.25) is 4.79 Å². The highest BCUT2D eigenvalue weighted by molar-refractivity contribution is 7.18. The predicted molar refractivity (Wildman–Crippen MR) is 87.9 cm³/mol. The summed E-state index contributed by atoms with van der Waals surface area (Å²) in [6.07, 6.45) is 0.784. The van der Waals surface area contributed by atoms with Crippen LogP contribution in [-0.4, -0.2) is 31.0 Å². The Kier molecular flexibility index (Phi) is 4.80. The van der Waals surface area contributed by atoms with Crippen LogP contribution in [0.5, 0.6) is 0 Å². The van der Waals surface area contributed by atoms with E-state index in [2.05, 4.69) is 10.3 Å². The number of benzene rings is 1. The number of nitrogen functional groups attached to an aromatic ring is 1. The van der Waals surface area contributed by atoms with Crippen LogP contribution < -0.4 is 16.0 Å². The van der Waals surface area contributed by atoms with Gasteiger partial charge >= 0.3 is 0 Å². The number of carbonyl (C=O) groups excluding carboxylic acids is 1. The van der Waals surface area contributed by atoms with Crippen LogP contribution in [0.2, 0.25) is 0 Å². The minimum Gasteiger partial charge on any atom is -0.382 e. The number of nitrogens with two attached hydrogens (primary N) is 1. The summed E-state index contributed by atoms with van der Waals surface area (Å²) in [5, 5.41) is 3.70. The topological polar surface area (TPSA) is 71.2 Å². The zero-order valence-corrected chi connectivity index (χ0v) is 13.3. The first kappa shape index (κ1) is 15.3. The van der Waals surface area contributed by atoms with Crippen molar-refractivity contribution in [1.29, 1.82) is 0 Å². The van der Waals surface area contributed by atoms with E-state index < -0.39 is 0 Å². The molecule has 0 aliphatic carbocycles. The molecule has 0 radical (unpaired) electrons. The Morgan fingerprint density at radius 1 is 1.38 bits per heavy atom. The molecule has 2 rings (SSSR count). The summed E-state index contributed by atoms with van der Waals surface area (Å²) < 4.78 is 0. The van der Waals surface area contributed by atoms with Crippen molar-refractivity contribution in [2.24, 2.45) is 0 Å². The molecule has 1 unspecified atom stereocenters. The van der Waals surface area contributed by atoms with E-state index in [-0.39, 0.29) is 17.8 Å². The normalized spacial score (nSPS) is 12.0. The Balaban J connectivity index is 2.01. The summed E-state index contributed by atoms with van der Waals surface area (Å²) in [5.41, 5.74) is 7.01. The highest BCUT2D eigenvalue weighted by atomic mass is 32.1. The van der Waals surface area contributed by atoms with Crippen LogP contribution in [0.3, 0.4) is 0 Å². The zero-order valence-electron chi connectivity index (χ0n) is 12.5. The minimum absolute atomic E-state index is 0.0317. The molecule has 2 aromatic rings. The van der Waals surface area contributed by atoms with Crippen molar-refractivity contribution in [3.8, 4) is 0 Å². The number of hydrogen-bond donors (Lipinski definition) is 2. The number of nitrogens with zero attached hydrogens (tertiary/aromatic N) is 2. The van der Waals surface area contributed by atoms with Crippen molar-refractivity contribution < 1.29 is 4.79 Å². The molecule has 0 bridgehead atoms. The van der Waals surface area contributed by atoms with Gasteiger partial charge in [0.2, 0.25) is 0 Å². The fourth-order valence-electron chi connectivity index (χ4n) is 1.98. The maximum absolute atomic E-state index is 12.3. The molecule has 0 fully saturated rings. The fraction of sp³-hybridized carbons (Fsp3) is 0.333. The van der Waals surface area contributed by atoms with Crippen molar-refractivity contribution in [3.63, 3.8) is 0 Å². The van der Waals surface area contributed by atoms with Crippen molar-refractivity contribution in [3.05, 3.63) is 40.8 Å². The summed E-state index contributed by atoms with van der Waals surface area (Å²) in [4.78, 5) is 18.8. The zero-order chi connectivity index (χ0) is 15.4. The lowest BCUT2D eigenvalue weighted by Crippen LogP contribution is -2.34. The van der Waals surface area contributed by atoms with E-state index >= 15 is 0 Å². The van der Waals surface area contributed by atoms with Crippen LogP contribution in [-0.2, 0) is 6.42 Å². The molecule has 0 aliphatic rings. The van der Waals surface area contributed by atoms with Crippen LogP contribution in [0.4, 0.5) is 10.9 Å². The third-order valence-corrected chi connectivity index (χ3v) is 4.23. The third kappa shape index (κ3) is 3.95. The second-order valence-corrected chi connectivity index (χ2v) is 6.15. The van der Waals surface area contributed by atoms with E-state index in [1.807, 2.05) is 56.3 Å². The van der Waals surface area contributed by atoms with Gasteiger partial charge in [-0.2, -0.15) is 0 Å². The molecule has 6 heteroatoms. The van der Waals surface area contributed by atoms with Crippen molar-refractivity contribution >= 4 is 28.2 Å². The fourth-order valence-corrected chi connectivity index (χ4v) is 2.79. The average molecular weight is 304 g/mol. The molecule has 3 N–H and O–H groups in total. The van der Waals surface area contributed by atoms with Gasteiger partial charge in [0.05, 0.1) is 0 Å². The predicted octanol–water partition coefficient (Wildman–Crippen LogP) is 2.15. The van der Waals surface area contributed by atoms with Crippen LogP contribution in [0.1, 0.15) is 22.2 Å². The van der Waals surface area contributed by atoms with Crippen molar-refractivity contribution in [1.82, 2.24) is 10.3 Å². The molecule has 0 aliphatic heterocycles. The monoisotopic (exact) mass is 304 g/mol. The van der Waals surface area contributed by atoms with E-state index in [1.165, 1.54) is 16.9 Å². The molecule has 0 spiro atoms. The Hall–Kier alpha value is -2.08. The number of nitrogens with one attached hydrogen (secondary N) is 1. The van der Waals surface area contributed by atoms with Gasteiger partial charge in [0.1, 0.15) is 10.7 Å². The Morgan fingerprint density at radius 3 is 2.62 bits per heavy atom. The smallest absolute Gasteiger partial charge is 0.265 e. The van der Waals surface area contributed by atoms with Gasteiger partial charge in [0.15, 0.2) is 5.13 Å². The lowest BCUT2D eigenvalue weighted by atomic mass is 10.1. The van der Waals surface area contributed by atoms with Crippen LogP contribution >= 0.6 is 11.3 Å². The number of anilines is 2. The first-order chi connectivity index (χ1) is 9.97. The SMILES string of the molecule is CC(Cc1ccccc1)NC(=O)c1sc(N(C)C)nc1N. The van der Waals surface area contributed by atoms with E-state index in [4.69, 9.17) is 5.73 Å². The van der Waals surface area contributed by atoms with Crippen molar-refractivity contribution in [2.75, 3.05) is 24.7 Å². The maximum Gasteiger partial charge on any atom is 0.265 e. The number of carbonyl (C=O) groups is 1. The number of aromatic nitrogens is 1. The molecule has 1 aromatic heterocycles.